The van der Waals surface area contributed by atoms with Gasteiger partial charge in [0.25, 0.3) is 0 Å². The van der Waals surface area contributed by atoms with E-state index < -0.39 is 0 Å². The minimum atomic E-state index is -0.331. The van der Waals surface area contributed by atoms with Crippen LogP contribution in [-0.2, 0) is 4.79 Å². The number of aliphatic hydroxyl groups excluding tert-OH is 1. The Morgan fingerprint density at radius 2 is 2.09 bits per heavy atom. The number of carbonyl (C=O) groups is 1. The molecule has 3 atom stereocenters. The van der Waals surface area contributed by atoms with E-state index in [1.165, 1.54) is 6.07 Å². The summed E-state index contributed by atoms with van der Waals surface area (Å²) >= 11 is 0. The lowest BCUT2D eigenvalue weighted by atomic mass is 10.1. The van der Waals surface area contributed by atoms with E-state index in [1.54, 1.807) is 19.1 Å². The average Bonchev–Trinajstić information content (AvgIpc) is 3.27. The van der Waals surface area contributed by atoms with E-state index in [4.69, 9.17) is 0 Å². The van der Waals surface area contributed by atoms with Gasteiger partial charge in [0.15, 0.2) is 0 Å². The molecule has 3 rings (SSSR count). The lowest BCUT2D eigenvalue weighted by Gasteiger charge is -2.35. The van der Waals surface area contributed by atoms with Crippen LogP contribution in [0, 0.1) is 11.7 Å². The minimum absolute atomic E-state index is 0.0186. The smallest absolute Gasteiger partial charge is 0.226 e. The molecule has 0 aromatic heterocycles. The second kappa shape index (κ2) is 6.34. The molecule has 1 saturated heterocycles. The van der Waals surface area contributed by atoms with Crippen molar-refractivity contribution in [2.24, 2.45) is 5.92 Å². The predicted octanol–water partition coefficient (Wildman–Crippen LogP) is 1.45. The molecule has 1 heterocycles. The second-order valence-corrected chi connectivity index (χ2v) is 6.48. The van der Waals surface area contributed by atoms with Crippen LogP contribution in [0.5, 0.6) is 0 Å². The molecule has 120 valence electrons. The number of nitrogens with zero attached hydrogens (tertiary/aromatic N) is 2. The van der Waals surface area contributed by atoms with Gasteiger partial charge in [-0.25, -0.2) is 4.39 Å². The number of amides is 1. The number of β-amino-alcohol motifs (C(OH)–C–C–N with tert-alkyl or cyclic N) is 1. The number of aliphatic hydroxyl groups is 1. The Hall–Kier alpha value is -1.46. The largest absolute Gasteiger partial charge is 0.392 e. The first-order chi connectivity index (χ1) is 10.5. The predicted molar refractivity (Wildman–Crippen MR) is 81.9 cm³/mol. The topological polar surface area (TPSA) is 43.8 Å². The summed E-state index contributed by atoms with van der Waals surface area (Å²) in [4.78, 5) is 16.6. The Labute approximate surface area is 130 Å². The number of hydrogen-bond acceptors (Lipinski definition) is 3. The van der Waals surface area contributed by atoms with Gasteiger partial charge in [0.2, 0.25) is 5.91 Å². The summed E-state index contributed by atoms with van der Waals surface area (Å²) < 4.78 is 13.3. The molecule has 0 spiro atoms. The van der Waals surface area contributed by atoms with Crippen LogP contribution in [0.1, 0.15) is 24.8 Å². The third kappa shape index (κ3) is 3.47. The van der Waals surface area contributed by atoms with Gasteiger partial charge < -0.3 is 10.0 Å². The van der Waals surface area contributed by atoms with Crippen LogP contribution in [0.25, 0.3) is 0 Å². The van der Waals surface area contributed by atoms with Gasteiger partial charge in [0.1, 0.15) is 5.82 Å². The van der Waals surface area contributed by atoms with Crippen LogP contribution >= 0.6 is 0 Å². The first-order valence-electron chi connectivity index (χ1n) is 7.99. The number of benzene rings is 1. The molecule has 1 aromatic rings. The molecule has 0 radical (unpaired) electrons. The van der Waals surface area contributed by atoms with Crippen molar-refractivity contribution in [3.63, 3.8) is 0 Å². The molecular weight excluding hydrogens is 283 g/mol. The first-order valence-corrected chi connectivity index (χ1v) is 7.99. The van der Waals surface area contributed by atoms with Crippen molar-refractivity contribution < 1.29 is 14.3 Å². The molecule has 0 bridgehead atoms. The molecule has 1 N–H and O–H groups in total. The van der Waals surface area contributed by atoms with Crippen molar-refractivity contribution >= 4 is 5.91 Å². The van der Waals surface area contributed by atoms with Gasteiger partial charge in [-0.15, -0.1) is 0 Å². The zero-order valence-electron chi connectivity index (χ0n) is 12.9. The summed E-state index contributed by atoms with van der Waals surface area (Å²) in [5.41, 5.74) is 0.936. The van der Waals surface area contributed by atoms with Gasteiger partial charge in [0, 0.05) is 38.6 Å². The monoisotopic (exact) mass is 306 g/mol. The summed E-state index contributed by atoms with van der Waals surface area (Å²) in [5, 5.41) is 9.41. The van der Waals surface area contributed by atoms with Crippen LogP contribution in [0.15, 0.2) is 24.3 Å². The normalized spacial score (nSPS) is 26.8. The van der Waals surface area contributed by atoms with Crippen molar-refractivity contribution in [3.8, 4) is 0 Å². The maximum absolute atomic E-state index is 13.3. The zero-order chi connectivity index (χ0) is 15.7. The van der Waals surface area contributed by atoms with Crippen LogP contribution < -0.4 is 0 Å². The van der Waals surface area contributed by atoms with Crippen LogP contribution in [0.2, 0.25) is 0 Å². The van der Waals surface area contributed by atoms with E-state index in [1.807, 2.05) is 11.0 Å². The zero-order valence-corrected chi connectivity index (χ0v) is 12.9. The summed E-state index contributed by atoms with van der Waals surface area (Å²) in [6.07, 6.45) is 0.499. The van der Waals surface area contributed by atoms with E-state index in [0.717, 1.165) is 38.2 Å². The summed E-state index contributed by atoms with van der Waals surface area (Å²) in [7, 11) is 0. The van der Waals surface area contributed by atoms with E-state index in [-0.39, 0.29) is 29.7 Å². The SMILES string of the molecule is C[C@H](O)CN1CCN(C(=O)[C@H]2C[C@H]2c2cccc(F)c2)CC1. The van der Waals surface area contributed by atoms with Crippen LogP contribution in [0.4, 0.5) is 4.39 Å². The third-order valence-electron chi connectivity index (χ3n) is 4.59. The molecule has 1 aliphatic carbocycles. The van der Waals surface area contributed by atoms with E-state index in [2.05, 4.69) is 4.90 Å². The van der Waals surface area contributed by atoms with Crippen molar-refractivity contribution in [2.75, 3.05) is 32.7 Å². The fourth-order valence-corrected chi connectivity index (χ4v) is 3.33. The Morgan fingerprint density at radius 1 is 1.36 bits per heavy atom. The highest BCUT2D eigenvalue weighted by atomic mass is 19.1. The van der Waals surface area contributed by atoms with E-state index in [9.17, 15) is 14.3 Å². The number of piperazine rings is 1. The number of hydrogen-bond donors (Lipinski definition) is 1. The van der Waals surface area contributed by atoms with Gasteiger partial charge in [-0.1, -0.05) is 12.1 Å². The van der Waals surface area contributed by atoms with Gasteiger partial charge in [-0.05, 0) is 37.0 Å². The summed E-state index contributed by atoms with van der Waals surface area (Å²) in [6.45, 7) is 5.51. The summed E-state index contributed by atoms with van der Waals surface area (Å²) in [6, 6.07) is 6.59. The first kappa shape index (κ1) is 15.4. The summed E-state index contributed by atoms with van der Waals surface area (Å²) in [5.74, 6) is 0.164. The highest BCUT2D eigenvalue weighted by molar-refractivity contribution is 5.83. The third-order valence-corrected chi connectivity index (χ3v) is 4.59. The van der Waals surface area contributed by atoms with Crippen molar-refractivity contribution in [1.29, 1.82) is 0 Å². The fourth-order valence-electron chi connectivity index (χ4n) is 3.33. The van der Waals surface area contributed by atoms with Crippen molar-refractivity contribution in [2.45, 2.75) is 25.4 Å². The van der Waals surface area contributed by atoms with Gasteiger partial charge in [-0.3, -0.25) is 9.69 Å². The molecule has 5 heteroatoms. The van der Waals surface area contributed by atoms with E-state index >= 15 is 0 Å². The van der Waals surface area contributed by atoms with E-state index in [0.29, 0.717) is 6.54 Å². The molecular formula is C17H23FN2O2. The molecule has 1 aliphatic heterocycles. The van der Waals surface area contributed by atoms with Gasteiger partial charge in [0.05, 0.1) is 6.10 Å². The minimum Gasteiger partial charge on any atom is -0.392 e. The lowest BCUT2D eigenvalue weighted by molar-refractivity contribution is -0.134. The standard InChI is InChI=1S/C17H23FN2O2/c1-12(21)11-19-5-7-20(8-6-19)17(22)16-10-15(16)13-3-2-4-14(18)9-13/h2-4,9,12,15-16,21H,5-8,10-11H2,1H3/t12-,15-,16-/m0/s1. The highest BCUT2D eigenvalue weighted by Crippen LogP contribution is 2.48. The quantitative estimate of drug-likeness (QED) is 0.916. The molecule has 1 saturated carbocycles. The van der Waals surface area contributed by atoms with Crippen LogP contribution in [0.3, 0.4) is 0 Å². The maximum atomic E-state index is 13.3. The van der Waals surface area contributed by atoms with Crippen LogP contribution in [-0.4, -0.2) is 59.6 Å². The Balaban J connectivity index is 1.52. The fraction of sp³-hybridized carbons (Fsp3) is 0.588. The molecule has 1 amide bonds. The molecule has 22 heavy (non-hydrogen) atoms. The Bertz CT molecular complexity index is 541. The number of halogens is 1. The van der Waals surface area contributed by atoms with Crippen molar-refractivity contribution in [1.82, 2.24) is 9.80 Å². The highest BCUT2D eigenvalue weighted by Gasteiger charge is 2.46. The van der Waals surface area contributed by atoms with Gasteiger partial charge in [-0.2, -0.15) is 0 Å². The second-order valence-electron chi connectivity index (χ2n) is 6.48. The number of carbonyl (C=O) groups excluding carboxylic acids is 1. The maximum Gasteiger partial charge on any atom is 0.226 e. The van der Waals surface area contributed by atoms with Gasteiger partial charge >= 0.3 is 0 Å². The molecule has 2 aliphatic rings. The molecule has 1 aromatic carbocycles. The Morgan fingerprint density at radius 3 is 2.73 bits per heavy atom. The average molecular weight is 306 g/mol. The van der Waals surface area contributed by atoms with Crippen molar-refractivity contribution in [3.05, 3.63) is 35.6 Å². The molecule has 2 fully saturated rings. The molecule has 4 nitrogen and oxygen atoms in total. The number of rotatable bonds is 4. The Kier molecular flexibility index (Phi) is 4.45. The lowest BCUT2D eigenvalue weighted by Crippen LogP contribution is -2.50. The molecule has 0 unspecified atom stereocenters.